The van der Waals surface area contributed by atoms with Crippen molar-refractivity contribution in [1.29, 1.82) is 0 Å². The van der Waals surface area contributed by atoms with E-state index in [4.69, 9.17) is 9.72 Å². The Hall–Kier alpha value is -6.10. The number of anilines is 3. The van der Waals surface area contributed by atoms with Crippen LogP contribution in [0, 0.1) is 26.0 Å². The third-order valence-corrected chi connectivity index (χ3v) is 12.7. The van der Waals surface area contributed by atoms with E-state index in [9.17, 15) is 0 Å². The molecule has 1 aliphatic rings. The topological polar surface area (TPSA) is 56.1 Å². The van der Waals surface area contributed by atoms with Gasteiger partial charge in [-0.25, -0.2) is 4.68 Å². The molecule has 0 fully saturated rings. The molecule has 9 rings (SSSR count). The molecular weight excluding hydrogens is 978 g/mol. The third kappa shape index (κ3) is 8.38. The standard InChI is InChI=1S/C58H57N5O.Pt/c1-38-17-14-18-39(2)54(38)50-37-62(61-60-50)45-20-16-22-47(36-45)64-46-21-15-19-43(33-46)58(53-23-12-13-32-59-53)48-34-41(56(6,7)8)26-30-51(48)63(44-28-24-40(25-29-44)55(3,4)5)52-31-27-42(35-49(52)58)57(9,10)11;/h12-32,34-35,37H,1-11H3;/q-2;+2. The smallest absolute Gasteiger partial charge is 0.509 e. The number of fused-ring (bicyclic) bond motifs is 2. The molecule has 2 aromatic heterocycles. The van der Waals surface area contributed by atoms with Crippen molar-refractivity contribution in [2.75, 3.05) is 4.90 Å². The second-order valence-electron chi connectivity index (χ2n) is 20.3. The Labute approximate surface area is 400 Å². The van der Waals surface area contributed by atoms with Crippen molar-refractivity contribution in [3.05, 3.63) is 208 Å². The van der Waals surface area contributed by atoms with Gasteiger partial charge in [0.05, 0.1) is 28.7 Å². The first-order chi connectivity index (χ1) is 30.4. The van der Waals surface area contributed by atoms with Crippen LogP contribution in [0.3, 0.4) is 0 Å². The van der Waals surface area contributed by atoms with E-state index in [0.29, 0.717) is 11.5 Å². The number of pyridine rings is 1. The molecule has 1 aliphatic heterocycles. The number of nitrogens with zero attached hydrogens (tertiary/aromatic N) is 5. The van der Waals surface area contributed by atoms with Crippen molar-refractivity contribution in [1.82, 2.24) is 20.0 Å². The first kappa shape index (κ1) is 45.5. The second kappa shape index (κ2) is 17.0. The fourth-order valence-corrected chi connectivity index (χ4v) is 9.14. The van der Waals surface area contributed by atoms with Crippen LogP contribution in [0.25, 0.3) is 16.9 Å². The Bertz CT molecular complexity index is 2920. The molecule has 0 N–H and O–H groups in total. The van der Waals surface area contributed by atoms with Gasteiger partial charge in [0.25, 0.3) is 0 Å². The van der Waals surface area contributed by atoms with E-state index in [1.165, 1.54) is 16.7 Å². The van der Waals surface area contributed by atoms with Gasteiger partial charge in [-0.05, 0) is 111 Å². The molecule has 0 saturated heterocycles. The molecule has 0 saturated carbocycles. The fraction of sp³-hybridized carbons (Fsp3) is 0.259. The molecule has 65 heavy (non-hydrogen) atoms. The largest absolute Gasteiger partial charge is 2.00 e. The van der Waals surface area contributed by atoms with Crippen molar-refractivity contribution in [3.8, 4) is 28.4 Å². The summed E-state index contributed by atoms with van der Waals surface area (Å²) in [5, 5.41) is 9.06. The summed E-state index contributed by atoms with van der Waals surface area (Å²) >= 11 is 0. The van der Waals surface area contributed by atoms with E-state index < -0.39 is 5.41 Å². The molecule has 0 unspecified atom stereocenters. The van der Waals surface area contributed by atoms with E-state index in [1.54, 1.807) is 4.68 Å². The van der Waals surface area contributed by atoms with Gasteiger partial charge < -0.3 is 9.64 Å². The van der Waals surface area contributed by atoms with Crippen LogP contribution in [0.4, 0.5) is 17.1 Å². The van der Waals surface area contributed by atoms with E-state index in [1.807, 2.05) is 42.7 Å². The van der Waals surface area contributed by atoms with Crippen LogP contribution in [-0.4, -0.2) is 20.0 Å². The summed E-state index contributed by atoms with van der Waals surface area (Å²) in [4.78, 5) is 7.70. The molecule has 330 valence electrons. The Kier molecular flexibility index (Phi) is 11.9. The molecule has 0 radical (unpaired) electrons. The van der Waals surface area contributed by atoms with E-state index in [-0.39, 0.29) is 37.3 Å². The third-order valence-electron chi connectivity index (χ3n) is 12.7. The van der Waals surface area contributed by atoms with Gasteiger partial charge in [-0.2, -0.15) is 18.2 Å². The minimum atomic E-state index is -0.897. The van der Waals surface area contributed by atoms with Crippen LogP contribution in [0.5, 0.6) is 11.5 Å². The summed E-state index contributed by atoms with van der Waals surface area (Å²) in [5.41, 5.74) is 14.9. The predicted octanol–water partition coefficient (Wildman–Crippen LogP) is 14.4. The molecular formula is C58H57N5OPt. The first-order valence-corrected chi connectivity index (χ1v) is 22.3. The van der Waals surface area contributed by atoms with Crippen LogP contribution in [0.2, 0.25) is 0 Å². The van der Waals surface area contributed by atoms with Crippen LogP contribution in [0.1, 0.15) is 113 Å². The minimum Gasteiger partial charge on any atom is -0.509 e. The summed E-state index contributed by atoms with van der Waals surface area (Å²) < 4.78 is 8.49. The first-order valence-electron chi connectivity index (χ1n) is 22.3. The molecule has 0 amide bonds. The molecule has 3 heterocycles. The average molecular weight is 1040 g/mol. The maximum atomic E-state index is 6.74. The van der Waals surface area contributed by atoms with Gasteiger partial charge in [-0.1, -0.05) is 128 Å². The van der Waals surface area contributed by atoms with E-state index >= 15 is 0 Å². The fourth-order valence-electron chi connectivity index (χ4n) is 9.14. The van der Waals surface area contributed by atoms with Crippen molar-refractivity contribution >= 4 is 17.1 Å². The summed E-state index contributed by atoms with van der Waals surface area (Å²) in [7, 11) is 0. The quantitative estimate of drug-likeness (QED) is 0.149. The molecule has 8 aromatic rings. The van der Waals surface area contributed by atoms with Crippen molar-refractivity contribution in [2.24, 2.45) is 0 Å². The number of benzene rings is 6. The summed E-state index contributed by atoms with van der Waals surface area (Å²) in [6.45, 7) is 24.7. The maximum absolute atomic E-state index is 6.74. The van der Waals surface area contributed by atoms with Crippen LogP contribution >= 0.6 is 0 Å². The normalized spacial score (nSPS) is 13.4. The maximum Gasteiger partial charge on any atom is 2.00 e. The van der Waals surface area contributed by atoms with Crippen LogP contribution < -0.4 is 9.64 Å². The number of hydrogen-bond donors (Lipinski definition) is 0. The van der Waals surface area contributed by atoms with Gasteiger partial charge in [-0.15, -0.1) is 41.0 Å². The van der Waals surface area contributed by atoms with Crippen molar-refractivity contribution in [3.63, 3.8) is 0 Å². The number of rotatable bonds is 7. The van der Waals surface area contributed by atoms with Gasteiger partial charge >= 0.3 is 21.1 Å². The molecule has 0 bridgehead atoms. The Morgan fingerprint density at radius 3 is 1.69 bits per heavy atom. The summed E-state index contributed by atoms with van der Waals surface area (Å²) in [6.07, 6.45) is 3.86. The Balaban J connectivity index is 0.00000576. The average Bonchev–Trinajstić information content (AvgIpc) is 3.75. The molecule has 6 aromatic carbocycles. The molecule has 0 spiro atoms. The Morgan fingerprint density at radius 1 is 0.569 bits per heavy atom. The molecule has 0 atom stereocenters. The molecule has 0 aliphatic carbocycles. The summed E-state index contributed by atoms with van der Waals surface area (Å²) in [5.74, 6) is 1.11. The van der Waals surface area contributed by atoms with Gasteiger partial charge in [0.2, 0.25) is 0 Å². The SMILES string of the molecule is Cc1cccc(C)c1-c1cn(-c2[c-]c(Oc3[c-]c(C4(c5ccccn5)c5cc(C(C)(C)C)ccc5N(c5ccc(C(C)(C)C)cc5)c5ccc(C(C)(C)C)cc54)ccc3)ccc2)nn1.[Pt+2]. The second-order valence-corrected chi connectivity index (χ2v) is 20.3. The van der Waals surface area contributed by atoms with Crippen molar-refractivity contribution in [2.45, 2.75) is 97.8 Å². The van der Waals surface area contributed by atoms with E-state index in [2.05, 4.69) is 207 Å². The van der Waals surface area contributed by atoms with Gasteiger partial charge in [-0.3, -0.25) is 4.98 Å². The van der Waals surface area contributed by atoms with Crippen LogP contribution in [0.15, 0.2) is 146 Å². The number of aromatic nitrogens is 4. The van der Waals surface area contributed by atoms with Crippen molar-refractivity contribution < 1.29 is 25.8 Å². The van der Waals surface area contributed by atoms with Crippen LogP contribution in [-0.2, 0) is 42.7 Å². The zero-order chi connectivity index (χ0) is 45.2. The zero-order valence-electron chi connectivity index (χ0n) is 39.3. The minimum absolute atomic E-state index is 0. The van der Waals surface area contributed by atoms with E-state index in [0.717, 1.165) is 67.5 Å². The van der Waals surface area contributed by atoms with Gasteiger partial charge in [0.15, 0.2) is 0 Å². The monoisotopic (exact) mass is 1030 g/mol. The predicted molar refractivity (Wildman–Crippen MR) is 261 cm³/mol. The number of aryl methyl sites for hydroxylation is 2. The van der Waals surface area contributed by atoms with Gasteiger partial charge in [0, 0.05) is 28.9 Å². The Morgan fingerprint density at radius 2 is 1.12 bits per heavy atom. The molecule has 6 nitrogen and oxygen atoms in total. The van der Waals surface area contributed by atoms with Gasteiger partial charge in [0.1, 0.15) is 5.69 Å². The molecule has 7 heteroatoms. The number of ether oxygens (including phenoxy) is 1. The zero-order valence-corrected chi connectivity index (χ0v) is 41.6. The summed E-state index contributed by atoms with van der Waals surface area (Å²) in [6, 6.07) is 55.0. The number of hydrogen-bond acceptors (Lipinski definition) is 5.